The molecule has 18 heteroatoms. The molecule has 0 aliphatic carbocycles. The molecule has 2 fully saturated rings. The number of carbonyl (C=O) groups excluding carboxylic acids is 7. The van der Waals surface area contributed by atoms with E-state index in [1.165, 1.54) is 0 Å². The molecule has 8 atom stereocenters. The van der Waals surface area contributed by atoms with Crippen molar-refractivity contribution in [3.63, 3.8) is 0 Å². The number of esters is 7. The fourth-order valence-electron chi connectivity index (χ4n) is 4.32. The number of ether oxygens (including phenoxy) is 9. The van der Waals surface area contributed by atoms with E-state index in [1.807, 2.05) is 0 Å². The van der Waals surface area contributed by atoms with Crippen LogP contribution in [0.1, 0.15) is 48.0 Å². The minimum Gasteiger partial charge on any atom is -0.478 e. The van der Waals surface area contributed by atoms with Gasteiger partial charge in [-0.05, 0) is 0 Å². The van der Waals surface area contributed by atoms with Crippen LogP contribution in [-0.4, -0.2) is 109 Å². The van der Waals surface area contributed by atoms with Gasteiger partial charge in [0.05, 0.1) is 0 Å². The molecule has 0 saturated carbocycles. The van der Waals surface area contributed by atoms with Gasteiger partial charge in [-0.15, -0.1) is 0 Å². The van der Waals surface area contributed by atoms with Crippen LogP contribution in [0.25, 0.3) is 0 Å². The topological polar surface area (TPSA) is 240 Å². The van der Waals surface area contributed by atoms with E-state index < -0.39 is 116 Å². The molecule has 2 aliphatic heterocycles. The lowest BCUT2D eigenvalue weighted by Crippen LogP contribution is -2.42. The van der Waals surface area contributed by atoms with E-state index in [9.17, 15) is 43.5 Å². The Kier molecular flexibility index (Phi) is 12.8. The smallest absolute Gasteiger partial charge is 0.334 e. The first-order valence-corrected chi connectivity index (χ1v) is 12.9. The van der Waals surface area contributed by atoms with Crippen molar-refractivity contribution >= 4 is 47.8 Å². The minimum atomic E-state index is -1.59. The highest BCUT2D eigenvalue weighted by molar-refractivity contribution is 5.95. The highest BCUT2D eigenvalue weighted by Gasteiger charge is 2.53. The maximum Gasteiger partial charge on any atom is 0.334 e. The van der Waals surface area contributed by atoms with E-state index in [2.05, 4.69) is 0 Å². The van der Waals surface area contributed by atoms with Crippen LogP contribution in [0.3, 0.4) is 0 Å². The first-order chi connectivity index (χ1) is 20.5. The van der Waals surface area contributed by atoms with Gasteiger partial charge in [-0.25, -0.2) is 9.59 Å². The van der Waals surface area contributed by atoms with E-state index in [1.54, 1.807) is 0 Å². The lowest BCUT2D eigenvalue weighted by molar-refractivity contribution is -0.197. The average molecular weight is 633 g/mol. The van der Waals surface area contributed by atoms with Crippen molar-refractivity contribution in [2.75, 3.05) is 6.61 Å². The fourth-order valence-corrected chi connectivity index (χ4v) is 4.32. The highest BCUT2D eigenvalue weighted by Crippen LogP contribution is 2.33. The van der Waals surface area contributed by atoms with E-state index in [0.29, 0.717) is 6.08 Å². The van der Waals surface area contributed by atoms with Crippen molar-refractivity contribution in [2.24, 2.45) is 0 Å². The number of hydrogen-bond donors (Lipinski definition) is 1. The summed E-state index contributed by atoms with van der Waals surface area (Å²) in [6.45, 7) is 5.47. The summed E-state index contributed by atoms with van der Waals surface area (Å²) in [4.78, 5) is 94.7. The van der Waals surface area contributed by atoms with Crippen LogP contribution >= 0.6 is 0 Å². The second-order valence-corrected chi connectivity index (χ2v) is 9.41. The Balaban J connectivity index is 2.31. The summed E-state index contributed by atoms with van der Waals surface area (Å²) >= 11 is 0. The molecule has 0 radical (unpaired) electrons. The Morgan fingerprint density at radius 1 is 0.568 bits per heavy atom. The summed E-state index contributed by atoms with van der Waals surface area (Å²) in [5, 5.41) is 9.39. The Morgan fingerprint density at radius 3 is 1.32 bits per heavy atom. The van der Waals surface area contributed by atoms with Crippen LogP contribution in [-0.2, 0) is 81.0 Å². The Morgan fingerprint density at radius 2 is 0.932 bits per heavy atom. The van der Waals surface area contributed by atoms with Gasteiger partial charge in [0, 0.05) is 59.6 Å². The largest absolute Gasteiger partial charge is 0.478 e. The van der Waals surface area contributed by atoms with Gasteiger partial charge in [-0.3, -0.25) is 28.8 Å². The van der Waals surface area contributed by atoms with Crippen molar-refractivity contribution in [1.82, 2.24) is 0 Å². The van der Waals surface area contributed by atoms with E-state index in [4.69, 9.17) is 42.6 Å². The summed E-state index contributed by atoms with van der Waals surface area (Å²) in [6, 6.07) is 0. The van der Waals surface area contributed by atoms with Crippen LogP contribution in [0, 0.1) is 0 Å². The Labute approximate surface area is 249 Å². The maximum atomic E-state index is 13.1. The minimum absolute atomic E-state index is 0.471. The predicted molar refractivity (Wildman–Crippen MR) is 134 cm³/mol. The molecule has 0 unspecified atom stereocenters. The van der Waals surface area contributed by atoms with Crippen LogP contribution in [0.15, 0.2) is 11.6 Å². The molecule has 0 spiro atoms. The summed E-state index contributed by atoms with van der Waals surface area (Å²) in [5.41, 5.74) is -0.556. The quantitative estimate of drug-likeness (QED) is 0.158. The molecule has 18 nitrogen and oxygen atoms in total. The van der Waals surface area contributed by atoms with Gasteiger partial charge in [-0.1, -0.05) is 0 Å². The summed E-state index contributed by atoms with van der Waals surface area (Å²) < 4.78 is 46.9. The number of aliphatic carboxylic acids is 1. The first-order valence-electron chi connectivity index (χ1n) is 12.9. The Hall–Kier alpha value is -4.58. The molecule has 2 aliphatic rings. The van der Waals surface area contributed by atoms with Crippen molar-refractivity contribution < 1.29 is 86.1 Å². The molecule has 1 N–H and O–H groups in total. The number of hydrogen-bond acceptors (Lipinski definition) is 17. The van der Waals surface area contributed by atoms with Gasteiger partial charge in [0.25, 0.3) is 0 Å². The lowest BCUT2D eigenvalue weighted by atomic mass is 10.0. The Bertz CT molecular complexity index is 1190. The molecule has 0 amide bonds. The SMILES string of the molecule is CC(=O)O[C@@H]1O[C@H](COC(=O)/C(=C/C(=O)O)C[C@H]2O[C@@H](OC(C)=O)[C@H](OC(C)=O)[C@@H]2OC(C)=O)[C@@H](OC(C)=O)[C@H]1OC(C)=O. The maximum absolute atomic E-state index is 13.1. The fraction of sp³-hybridized carbons (Fsp3) is 0.615. The number of rotatable bonds is 12. The third-order valence-corrected chi connectivity index (χ3v) is 5.67. The van der Waals surface area contributed by atoms with Crippen LogP contribution in [0.2, 0.25) is 0 Å². The normalized spacial score (nSPS) is 27.8. The highest BCUT2D eigenvalue weighted by atomic mass is 16.8. The summed E-state index contributed by atoms with van der Waals surface area (Å²) in [6.07, 6.45) is -11.8. The van der Waals surface area contributed by atoms with E-state index >= 15 is 0 Å². The molecule has 2 saturated heterocycles. The molecule has 2 heterocycles. The van der Waals surface area contributed by atoms with Crippen molar-refractivity contribution in [3.8, 4) is 0 Å². The molecule has 2 rings (SSSR count). The molecule has 0 aromatic heterocycles. The summed E-state index contributed by atoms with van der Waals surface area (Å²) in [5.74, 6) is -7.95. The van der Waals surface area contributed by atoms with Gasteiger partial charge in [0.2, 0.25) is 24.8 Å². The predicted octanol–water partition coefficient (Wildman–Crippen LogP) is -0.766. The monoisotopic (exact) mass is 632 g/mol. The molecule has 44 heavy (non-hydrogen) atoms. The lowest BCUT2D eigenvalue weighted by Gasteiger charge is -2.23. The van der Waals surface area contributed by atoms with Gasteiger partial charge in [-0.2, -0.15) is 0 Å². The molecule has 0 aromatic carbocycles. The zero-order valence-corrected chi connectivity index (χ0v) is 24.5. The van der Waals surface area contributed by atoms with E-state index in [-0.39, 0.29) is 0 Å². The third kappa shape index (κ3) is 10.6. The molecule has 244 valence electrons. The first kappa shape index (κ1) is 35.6. The molecule has 0 aromatic rings. The zero-order chi connectivity index (χ0) is 33.3. The third-order valence-electron chi connectivity index (χ3n) is 5.67. The number of carbonyl (C=O) groups is 8. The molecule has 0 bridgehead atoms. The van der Waals surface area contributed by atoms with Crippen molar-refractivity contribution in [1.29, 1.82) is 0 Å². The second kappa shape index (κ2) is 15.8. The molecular weight excluding hydrogens is 600 g/mol. The van der Waals surface area contributed by atoms with Gasteiger partial charge < -0.3 is 47.7 Å². The number of carboxylic acids is 1. The van der Waals surface area contributed by atoms with Gasteiger partial charge in [0.15, 0.2) is 12.2 Å². The zero-order valence-electron chi connectivity index (χ0n) is 24.5. The second-order valence-electron chi connectivity index (χ2n) is 9.41. The van der Waals surface area contributed by atoms with Crippen molar-refractivity contribution in [3.05, 3.63) is 11.6 Å². The van der Waals surface area contributed by atoms with Gasteiger partial charge >= 0.3 is 47.8 Å². The number of carboxylic acid groups (broad SMARTS) is 1. The average Bonchev–Trinajstić information content (AvgIpc) is 3.31. The van der Waals surface area contributed by atoms with E-state index in [0.717, 1.165) is 41.5 Å². The van der Waals surface area contributed by atoms with Crippen LogP contribution in [0.5, 0.6) is 0 Å². The van der Waals surface area contributed by atoms with Crippen molar-refractivity contribution in [2.45, 2.75) is 97.2 Å². The molecular formula is C26H32O18. The van der Waals surface area contributed by atoms with Crippen LogP contribution in [0.4, 0.5) is 0 Å². The van der Waals surface area contributed by atoms with Gasteiger partial charge in [0.1, 0.15) is 18.8 Å². The summed E-state index contributed by atoms with van der Waals surface area (Å²) in [7, 11) is 0. The van der Waals surface area contributed by atoms with Crippen LogP contribution < -0.4 is 0 Å². The standard InChI is InChI=1S/C26H32O18/c1-10(27)37-20-17(43-25(41-14(5)31)22(20)39-12(3)29)7-16(8-19(33)34)24(35)36-9-18-21(38-11(2)28)23(40-13(4)30)26(44-18)42-15(6)32/h8,17-18,20-23,25-26H,7,9H2,1-6H3,(H,33,34)/b16-8+/t17-,18-,20-,21-,22-,23-,25-,26-/m1/s1.